The fourth-order valence-corrected chi connectivity index (χ4v) is 3.75. The second-order valence-electron chi connectivity index (χ2n) is 5.83. The van der Waals surface area contributed by atoms with Crippen molar-refractivity contribution in [1.82, 2.24) is 9.55 Å². The molecule has 2 heterocycles. The van der Waals surface area contributed by atoms with Gasteiger partial charge in [0.25, 0.3) is 0 Å². The van der Waals surface area contributed by atoms with Gasteiger partial charge in [-0.2, -0.15) is 0 Å². The molecular formula is C19H18N2S. The predicted octanol–water partition coefficient (Wildman–Crippen LogP) is 4.94. The molecular weight excluding hydrogens is 288 g/mol. The van der Waals surface area contributed by atoms with Gasteiger partial charge in [-0.25, -0.2) is 4.98 Å². The normalized spacial score (nSPS) is 13.4. The number of thioether (sulfide) groups is 1. The number of hydrogen-bond acceptors (Lipinski definition) is 2. The summed E-state index contributed by atoms with van der Waals surface area (Å²) in [6.07, 6.45) is 2.17. The number of nitrogens with zero attached hydrogens (tertiary/aromatic N) is 2. The lowest BCUT2D eigenvalue weighted by atomic mass is 9.99. The van der Waals surface area contributed by atoms with Crippen molar-refractivity contribution in [2.45, 2.75) is 25.5 Å². The van der Waals surface area contributed by atoms with Crippen LogP contribution in [0.15, 0.2) is 53.8 Å². The van der Waals surface area contributed by atoms with Crippen LogP contribution in [0.3, 0.4) is 0 Å². The van der Waals surface area contributed by atoms with Crippen molar-refractivity contribution in [3.05, 3.63) is 59.8 Å². The van der Waals surface area contributed by atoms with Gasteiger partial charge in [0, 0.05) is 24.1 Å². The molecule has 1 aromatic heterocycles. The maximum absolute atomic E-state index is 4.72. The van der Waals surface area contributed by atoms with E-state index >= 15 is 0 Å². The van der Waals surface area contributed by atoms with Crippen LogP contribution < -0.4 is 0 Å². The highest BCUT2D eigenvalue weighted by Crippen LogP contribution is 2.30. The lowest BCUT2D eigenvalue weighted by Crippen LogP contribution is -1.89. The van der Waals surface area contributed by atoms with Crippen molar-refractivity contribution in [2.75, 3.05) is 5.75 Å². The first-order valence-corrected chi connectivity index (χ1v) is 8.57. The van der Waals surface area contributed by atoms with Crippen molar-refractivity contribution in [2.24, 2.45) is 0 Å². The lowest BCUT2D eigenvalue weighted by Gasteiger charge is -2.06. The maximum atomic E-state index is 4.72. The Morgan fingerprint density at radius 2 is 1.64 bits per heavy atom. The summed E-state index contributed by atoms with van der Waals surface area (Å²) in [7, 11) is 0. The largest absolute Gasteiger partial charge is 0.325 e. The Bertz CT molecular complexity index is 810. The first-order chi connectivity index (χ1) is 10.7. The molecule has 0 saturated heterocycles. The van der Waals surface area contributed by atoms with Gasteiger partial charge in [0.2, 0.25) is 0 Å². The van der Waals surface area contributed by atoms with Crippen molar-refractivity contribution >= 4 is 11.8 Å². The first kappa shape index (κ1) is 13.6. The van der Waals surface area contributed by atoms with E-state index in [1.54, 1.807) is 0 Å². The van der Waals surface area contributed by atoms with Gasteiger partial charge in [0.1, 0.15) is 0 Å². The van der Waals surface area contributed by atoms with Crippen molar-refractivity contribution in [3.63, 3.8) is 0 Å². The molecule has 4 rings (SSSR count). The Hall–Kier alpha value is -2.00. The van der Waals surface area contributed by atoms with Crippen molar-refractivity contribution in [3.8, 4) is 22.4 Å². The van der Waals surface area contributed by atoms with Crippen molar-refractivity contribution in [1.29, 1.82) is 0 Å². The second-order valence-corrected chi connectivity index (χ2v) is 6.89. The van der Waals surface area contributed by atoms with E-state index in [9.17, 15) is 0 Å². The molecule has 0 spiro atoms. The molecule has 0 atom stereocenters. The number of hydrogen-bond donors (Lipinski definition) is 0. The predicted molar refractivity (Wildman–Crippen MR) is 93.3 cm³/mol. The second kappa shape index (κ2) is 5.33. The minimum Gasteiger partial charge on any atom is -0.325 e. The molecule has 0 bridgehead atoms. The SMILES string of the molecule is Cc1ccc(-c2ccc(-c3cn4c(n3)SCC4)cc2)cc1C. The highest BCUT2D eigenvalue weighted by Gasteiger charge is 2.15. The molecule has 110 valence electrons. The zero-order valence-electron chi connectivity index (χ0n) is 12.8. The summed E-state index contributed by atoms with van der Waals surface area (Å²) >= 11 is 1.84. The maximum Gasteiger partial charge on any atom is 0.168 e. The molecule has 0 fully saturated rings. The molecule has 0 N–H and O–H groups in total. The number of imidazole rings is 1. The van der Waals surface area contributed by atoms with Crippen molar-refractivity contribution < 1.29 is 0 Å². The molecule has 0 aliphatic carbocycles. The summed E-state index contributed by atoms with van der Waals surface area (Å²) in [5, 5.41) is 1.15. The van der Waals surface area contributed by atoms with E-state index in [0.717, 1.165) is 23.1 Å². The highest BCUT2D eigenvalue weighted by atomic mass is 32.2. The average Bonchev–Trinajstić information content (AvgIpc) is 3.12. The third-order valence-electron chi connectivity index (χ3n) is 4.32. The third-order valence-corrected chi connectivity index (χ3v) is 5.29. The quantitative estimate of drug-likeness (QED) is 0.667. The van der Waals surface area contributed by atoms with E-state index in [4.69, 9.17) is 4.98 Å². The van der Waals surface area contributed by atoms with E-state index in [2.05, 4.69) is 67.1 Å². The van der Waals surface area contributed by atoms with Crippen LogP contribution >= 0.6 is 11.8 Å². The summed E-state index contributed by atoms with van der Waals surface area (Å²) in [6, 6.07) is 15.4. The van der Waals surface area contributed by atoms with Crippen LogP contribution in [0.1, 0.15) is 11.1 Å². The number of aryl methyl sites for hydroxylation is 3. The Morgan fingerprint density at radius 3 is 2.36 bits per heavy atom. The van der Waals surface area contributed by atoms with Crippen LogP contribution in [0.5, 0.6) is 0 Å². The molecule has 3 aromatic rings. The standard InChI is InChI=1S/C19H18N2S/c1-13-3-4-17(11-14(13)2)15-5-7-16(8-6-15)18-12-21-9-10-22-19(21)20-18/h3-8,11-12H,9-10H2,1-2H3. The van der Waals surface area contributed by atoms with Crippen LogP contribution in [-0.4, -0.2) is 15.3 Å². The Balaban J connectivity index is 1.66. The summed E-state index contributed by atoms with van der Waals surface area (Å²) < 4.78 is 2.25. The number of aromatic nitrogens is 2. The van der Waals surface area contributed by atoms with Gasteiger partial charge in [-0.15, -0.1) is 0 Å². The van der Waals surface area contributed by atoms with Gasteiger partial charge in [-0.3, -0.25) is 0 Å². The zero-order valence-corrected chi connectivity index (χ0v) is 13.7. The first-order valence-electron chi connectivity index (χ1n) is 7.59. The Morgan fingerprint density at radius 1 is 0.909 bits per heavy atom. The molecule has 0 amide bonds. The Kier molecular flexibility index (Phi) is 3.30. The van der Waals surface area contributed by atoms with E-state index in [0.29, 0.717) is 0 Å². The Labute approximate surface area is 135 Å². The van der Waals surface area contributed by atoms with Gasteiger partial charge in [0.15, 0.2) is 5.16 Å². The van der Waals surface area contributed by atoms with Crippen LogP contribution in [-0.2, 0) is 6.54 Å². The minimum atomic E-state index is 1.08. The molecule has 0 unspecified atom stereocenters. The molecule has 1 aliphatic rings. The lowest BCUT2D eigenvalue weighted by molar-refractivity contribution is 0.719. The number of rotatable bonds is 2. The van der Waals surface area contributed by atoms with Gasteiger partial charge in [-0.05, 0) is 36.1 Å². The molecule has 3 heteroatoms. The molecule has 22 heavy (non-hydrogen) atoms. The fraction of sp³-hybridized carbons (Fsp3) is 0.211. The van der Waals surface area contributed by atoms with Crippen LogP contribution in [0.25, 0.3) is 22.4 Å². The van der Waals surface area contributed by atoms with Gasteiger partial charge in [-0.1, -0.05) is 54.2 Å². The molecule has 2 aromatic carbocycles. The van der Waals surface area contributed by atoms with E-state index in [-0.39, 0.29) is 0 Å². The fourth-order valence-electron chi connectivity index (χ4n) is 2.80. The molecule has 0 radical (unpaired) electrons. The van der Waals surface area contributed by atoms with Crippen LogP contribution in [0, 0.1) is 13.8 Å². The molecule has 1 aliphatic heterocycles. The summed E-state index contributed by atoms with van der Waals surface area (Å²) in [6.45, 7) is 5.39. The highest BCUT2D eigenvalue weighted by molar-refractivity contribution is 7.99. The smallest absolute Gasteiger partial charge is 0.168 e. The van der Waals surface area contributed by atoms with E-state index in [1.165, 1.54) is 27.8 Å². The summed E-state index contributed by atoms with van der Waals surface area (Å²) in [4.78, 5) is 4.72. The summed E-state index contributed by atoms with van der Waals surface area (Å²) in [5.74, 6) is 1.15. The third kappa shape index (κ3) is 2.35. The van der Waals surface area contributed by atoms with Crippen LogP contribution in [0.4, 0.5) is 0 Å². The number of fused-ring (bicyclic) bond motifs is 1. The number of benzene rings is 2. The topological polar surface area (TPSA) is 17.8 Å². The van der Waals surface area contributed by atoms with Gasteiger partial charge >= 0.3 is 0 Å². The molecule has 2 nitrogen and oxygen atoms in total. The van der Waals surface area contributed by atoms with E-state index in [1.807, 2.05) is 11.8 Å². The van der Waals surface area contributed by atoms with Gasteiger partial charge < -0.3 is 4.57 Å². The molecule has 0 saturated carbocycles. The average molecular weight is 306 g/mol. The van der Waals surface area contributed by atoms with E-state index < -0.39 is 0 Å². The monoisotopic (exact) mass is 306 g/mol. The van der Waals surface area contributed by atoms with Gasteiger partial charge in [0.05, 0.1) is 5.69 Å². The minimum absolute atomic E-state index is 1.08. The zero-order chi connectivity index (χ0) is 15.1. The van der Waals surface area contributed by atoms with Crippen LogP contribution in [0.2, 0.25) is 0 Å². The summed E-state index contributed by atoms with van der Waals surface area (Å²) in [5.41, 5.74) is 7.48.